The predicted molar refractivity (Wildman–Crippen MR) is 129 cm³/mol. The van der Waals surface area contributed by atoms with E-state index in [1.54, 1.807) is 12.4 Å². The molecule has 0 aliphatic carbocycles. The summed E-state index contributed by atoms with van der Waals surface area (Å²) in [7, 11) is 0. The van der Waals surface area contributed by atoms with E-state index in [0.29, 0.717) is 18.7 Å². The fourth-order valence-corrected chi connectivity index (χ4v) is 4.22. The van der Waals surface area contributed by atoms with Gasteiger partial charge >= 0.3 is 0 Å². The van der Waals surface area contributed by atoms with E-state index in [-0.39, 0.29) is 12.0 Å². The van der Waals surface area contributed by atoms with Crippen LogP contribution in [-0.2, 0) is 11.3 Å². The molecule has 2 aromatic carbocycles. The van der Waals surface area contributed by atoms with Gasteiger partial charge in [0.1, 0.15) is 0 Å². The van der Waals surface area contributed by atoms with Gasteiger partial charge in [0.05, 0.1) is 29.5 Å². The molecule has 1 aliphatic rings. The number of hydrogen-bond donors (Lipinski definition) is 1. The number of carbonyl (C=O) groups excluding carboxylic acids is 1. The molecule has 1 atom stereocenters. The third kappa shape index (κ3) is 5.08. The van der Waals surface area contributed by atoms with Crippen LogP contribution in [0.4, 0.5) is 0 Å². The first kappa shape index (κ1) is 21.2. The van der Waals surface area contributed by atoms with Gasteiger partial charge in [-0.25, -0.2) is 4.98 Å². The quantitative estimate of drug-likeness (QED) is 0.494. The summed E-state index contributed by atoms with van der Waals surface area (Å²) in [5.41, 5.74) is 4.29. The van der Waals surface area contributed by atoms with Gasteiger partial charge in [-0.3, -0.25) is 14.7 Å². The number of nitrogens with zero attached hydrogens (tertiary/aromatic N) is 3. The SMILES string of the molecule is O=C(NC[C@@H]1CN(Cc2ccccc2)CCO1)c1cc(-c2cccnc2)nc2ccccc12. The number of para-hydroxylation sites is 1. The van der Waals surface area contributed by atoms with Crippen molar-refractivity contribution in [1.29, 1.82) is 0 Å². The molecule has 33 heavy (non-hydrogen) atoms. The van der Waals surface area contributed by atoms with Gasteiger partial charge in [0, 0.05) is 49.5 Å². The first-order valence-electron chi connectivity index (χ1n) is 11.2. The van der Waals surface area contributed by atoms with Gasteiger partial charge in [0.2, 0.25) is 0 Å². The summed E-state index contributed by atoms with van der Waals surface area (Å²) in [5.74, 6) is -0.123. The van der Waals surface area contributed by atoms with Crippen LogP contribution >= 0.6 is 0 Å². The highest BCUT2D eigenvalue weighted by Crippen LogP contribution is 2.24. The van der Waals surface area contributed by atoms with Crippen molar-refractivity contribution >= 4 is 16.8 Å². The highest BCUT2D eigenvalue weighted by Gasteiger charge is 2.22. The summed E-state index contributed by atoms with van der Waals surface area (Å²) >= 11 is 0. The van der Waals surface area contributed by atoms with Gasteiger partial charge in [-0.15, -0.1) is 0 Å². The second kappa shape index (κ2) is 9.90. The van der Waals surface area contributed by atoms with Crippen molar-refractivity contribution in [1.82, 2.24) is 20.2 Å². The molecule has 2 aromatic heterocycles. The van der Waals surface area contributed by atoms with Crippen LogP contribution < -0.4 is 5.32 Å². The monoisotopic (exact) mass is 438 g/mol. The molecule has 0 radical (unpaired) electrons. The van der Waals surface area contributed by atoms with E-state index in [1.807, 2.05) is 48.5 Å². The zero-order valence-electron chi connectivity index (χ0n) is 18.4. The number of nitrogens with one attached hydrogen (secondary N) is 1. The molecule has 1 N–H and O–H groups in total. The summed E-state index contributed by atoms with van der Waals surface area (Å²) in [6.07, 6.45) is 3.44. The molecule has 5 rings (SSSR count). The second-order valence-electron chi connectivity index (χ2n) is 8.24. The maximum atomic E-state index is 13.2. The van der Waals surface area contributed by atoms with Crippen LogP contribution in [0.1, 0.15) is 15.9 Å². The van der Waals surface area contributed by atoms with Gasteiger partial charge in [-0.2, -0.15) is 0 Å². The number of rotatable bonds is 6. The van der Waals surface area contributed by atoms with Gasteiger partial charge in [0.25, 0.3) is 5.91 Å². The van der Waals surface area contributed by atoms with E-state index in [9.17, 15) is 4.79 Å². The topological polar surface area (TPSA) is 67.4 Å². The third-order valence-electron chi connectivity index (χ3n) is 5.88. The normalized spacial score (nSPS) is 16.5. The van der Waals surface area contributed by atoms with Gasteiger partial charge in [0.15, 0.2) is 0 Å². The van der Waals surface area contributed by atoms with Crippen molar-refractivity contribution in [2.45, 2.75) is 12.6 Å². The summed E-state index contributed by atoms with van der Waals surface area (Å²) in [4.78, 5) is 24.5. The van der Waals surface area contributed by atoms with E-state index in [2.05, 4.69) is 39.5 Å². The number of amides is 1. The number of hydrogen-bond acceptors (Lipinski definition) is 5. The van der Waals surface area contributed by atoms with Crippen molar-refractivity contribution in [3.8, 4) is 11.3 Å². The van der Waals surface area contributed by atoms with Crippen LogP contribution in [0.3, 0.4) is 0 Å². The summed E-state index contributed by atoms with van der Waals surface area (Å²) < 4.78 is 5.94. The predicted octanol–water partition coefficient (Wildman–Crippen LogP) is 3.93. The Morgan fingerprint density at radius 1 is 1.06 bits per heavy atom. The number of pyridine rings is 2. The van der Waals surface area contributed by atoms with Crippen LogP contribution in [0.5, 0.6) is 0 Å². The van der Waals surface area contributed by atoms with E-state index in [0.717, 1.165) is 41.8 Å². The molecule has 6 heteroatoms. The molecule has 1 amide bonds. The minimum atomic E-state index is -0.123. The number of carbonyl (C=O) groups is 1. The molecule has 4 aromatic rings. The average molecular weight is 439 g/mol. The maximum Gasteiger partial charge on any atom is 0.252 e. The lowest BCUT2D eigenvalue weighted by Gasteiger charge is -2.33. The minimum Gasteiger partial charge on any atom is -0.374 e. The van der Waals surface area contributed by atoms with E-state index in [4.69, 9.17) is 9.72 Å². The fraction of sp³-hybridized carbons (Fsp3) is 0.222. The Morgan fingerprint density at radius 3 is 2.76 bits per heavy atom. The smallest absolute Gasteiger partial charge is 0.252 e. The average Bonchev–Trinajstić information content (AvgIpc) is 2.88. The van der Waals surface area contributed by atoms with Crippen LogP contribution in [-0.4, -0.2) is 53.1 Å². The Bertz CT molecular complexity index is 1230. The summed E-state index contributed by atoms with van der Waals surface area (Å²) in [6.45, 7) is 3.69. The van der Waals surface area contributed by atoms with Crippen LogP contribution in [0.2, 0.25) is 0 Å². The van der Waals surface area contributed by atoms with E-state index < -0.39 is 0 Å². The van der Waals surface area contributed by atoms with Crippen molar-refractivity contribution in [3.63, 3.8) is 0 Å². The molecular formula is C27H26N4O2. The molecule has 3 heterocycles. The first-order valence-corrected chi connectivity index (χ1v) is 11.2. The molecule has 0 unspecified atom stereocenters. The summed E-state index contributed by atoms with van der Waals surface area (Å²) in [5, 5.41) is 3.92. The van der Waals surface area contributed by atoms with Crippen molar-refractivity contribution < 1.29 is 9.53 Å². The van der Waals surface area contributed by atoms with Gasteiger partial charge in [-0.05, 0) is 29.8 Å². The van der Waals surface area contributed by atoms with Crippen molar-refractivity contribution in [2.24, 2.45) is 0 Å². The first-order chi connectivity index (χ1) is 16.3. The highest BCUT2D eigenvalue weighted by molar-refractivity contribution is 6.07. The van der Waals surface area contributed by atoms with Crippen LogP contribution in [0, 0.1) is 0 Å². The Balaban J connectivity index is 1.30. The number of ether oxygens (including phenoxy) is 1. The Hall–Kier alpha value is -3.61. The van der Waals surface area contributed by atoms with Gasteiger partial charge in [-0.1, -0.05) is 48.5 Å². The molecule has 166 valence electrons. The standard InChI is InChI=1S/C27H26N4O2/c32-27(29-17-22-19-31(13-14-33-22)18-20-7-2-1-3-8-20)24-15-26(21-9-6-12-28-16-21)30-25-11-5-4-10-23(24)25/h1-12,15-16,22H,13-14,17-19H2,(H,29,32)/t22-/m1/s1. The second-order valence-corrected chi connectivity index (χ2v) is 8.24. The minimum absolute atomic E-state index is 0.0442. The zero-order chi connectivity index (χ0) is 22.5. The van der Waals surface area contributed by atoms with Gasteiger partial charge < -0.3 is 10.1 Å². The maximum absolute atomic E-state index is 13.2. The lowest BCUT2D eigenvalue weighted by atomic mass is 10.0. The Kier molecular flexibility index (Phi) is 6.37. The van der Waals surface area contributed by atoms with Crippen molar-refractivity contribution in [2.75, 3.05) is 26.2 Å². The van der Waals surface area contributed by atoms with E-state index in [1.165, 1.54) is 5.56 Å². The van der Waals surface area contributed by atoms with Crippen LogP contribution in [0.15, 0.2) is 85.2 Å². The van der Waals surface area contributed by atoms with Crippen molar-refractivity contribution in [3.05, 3.63) is 96.3 Å². The van der Waals surface area contributed by atoms with Crippen LogP contribution in [0.25, 0.3) is 22.2 Å². The fourth-order valence-electron chi connectivity index (χ4n) is 4.22. The molecule has 1 aliphatic heterocycles. The lowest BCUT2D eigenvalue weighted by molar-refractivity contribution is -0.0292. The van der Waals surface area contributed by atoms with E-state index >= 15 is 0 Å². The lowest BCUT2D eigenvalue weighted by Crippen LogP contribution is -2.47. The third-order valence-corrected chi connectivity index (χ3v) is 5.88. The molecule has 0 bridgehead atoms. The molecule has 1 fully saturated rings. The molecule has 6 nitrogen and oxygen atoms in total. The molecule has 1 saturated heterocycles. The summed E-state index contributed by atoms with van der Waals surface area (Å²) in [6, 6.07) is 23.8. The number of morpholine rings is 1. The Morgan fingerprint density at radius 2 is 1.91 bits per heavy atom. The molecule has 0 saturated carbocycles. The Labute approximate surface area is 193 Å². The number of aromatic nitrogens is 2. The molecule has 0 spiro atoms. The number of benzene rings is 2. The molecular weight excluding hydrogens is 412 g/mol. The largest absolute Gasteiger partial charge is 0.374 e. The highest BCUT2D eigenvalue weighted by atomic mass is 16.5. The zero-order valence-corrected chi connectivity index (χ0v) is 18.4. The number of fused-ring (bicyclic) bond motifs is 1.